The van der Waals surface area contributed by atoms with Crippen molar-refractivity contribution in [3.05, 3.63) is 52.3 Å². The van der Waals surface area contributed by atoms with E-state index in [4.69, 9.17) is 11.0 Å². The number of rotatable bonds is 9. The van der Waals surface area contributed by atoms with Crippen LogP contribution in [0.5, 0.6) is 0 Å². The maximum Gasteiger partial charge on any atom is 0.272 e. The summed E-state index contributed by atoms with van der Waals surface area (Å²) < 4.78 is 25.8. The number of hydrogen-bond donors (Lipinski definition) is 3. The molecule has 1 aromatic carbocycles. The van der Waals surface area contributed by atoms with Crippen LogP contribution in [0.25, 0.3) is 0 Å². The third-order valence-corrected chi connectivity index (χ3v) is 10.9. The van der Waals surface area contributed by atoms with E-state index in [1.165, 1.54) is 23.4 Å². The topological polar surface area (TPSA) is 171 Å². The average molecular weight is 529 g/mol. The van der Waals surface area contributed by atoms with Crippen molar-refractivity contribution in [3.63, 3.8) is 0 Å². The lowest BCUT2D eigenvalue weighted by atomic mass is 10.0. The smallest absolute Gasteiger partial charge is 0.272 e. The minimum atomic E-state index is -3.82. The quantitative estimate of drug-likeness (QED) is 0.416. The number of benzene rings is 1. The zero-order valence-electron chi connectivity index (χ0n) is 21.2. The van der Waals surface area contributed by atoms with Crippen molar-refractivity contribution in [3.8, 4) is 6.07 Å². The third kappa shape index (κ3) is 4.52. The molecule has 1 atom stereocenters. The fourth-order valence-electron chi connectivity index (χ4n) is 4.89. The van der Waals surface area contributed by atoms with Gasteiger partial charge < -0.3 is 21.1 Å². The van der Waals surface area contributed by atoms with E-state index in [0.29, 0.717) is 30.4 Å². The van der Waals surface area contributed by atoms with E-state index in [1.807, 2.05) is 6.07 Å². The Bertz CT molecular complexity index is 1370. The highest BCUT2D eigenvalue weighted by Crippen LogP contribution is 2.50. The van der Waals surface area contributed by atoms with Gasteiger partial charge in [0.15, 0.2) is 15.5 Å². The van der Waals surface area contributed by atoms with Gasteiger partial charge in [-0.3, -0.25) is 14.3 Å². The van der Waals surface area contributed by atoms with Crippen molar-refractivity contribution in [2.45, 2.75) is 55.3 Å². The van der Waals surface area contributed by atoms with Crippen LogP contribution in [0.3, 0.4) is 0 Å². The largest absolute Gasteiger partial charge is 0.390 e. The number of nitrogens with one attached hydrogen (secondary N) is 1. The van der Waals surface area contributed by atoms with E-state index in [9.17, 15) is 23.1 Å². The predicted molar refractivity (Wildman–Crippen MR) is 135 cm³/mol. The van der Waals surface area contributed by atoms with E-state index in [-0.39, 0.29) is 43.5 Å². The Morgan fingerprint density at radius 2 is 1.97 bits per heavy atom. The number of nitrogens with zero attached hydrogens (tertiary/aromatic N) is 4. The summed E-state index contributed by atoms with van der Waals surface area (Å²) in [6, 6.07) is 8.89. The Morgan fingerprint density at radius 3 is 2.54 bits per heavy atom. The summed E-state index contributed by atoms with van der Waals surface area (Å²) >= 11 is 0. The maximum absolute atomic E-state index is 13.5. The SMILES string of the molecule is Cn1nc(C(=O)NCc2ccc(C#N)cc2)c2c1C(=O)N(CC1(S(=O)(=O)C(C)(C)[C@H](O)CN)CC1)CC2. The van der Waals surface area contributed by atoms with Crippen LogP contribution in [-0.4, -0.2) is 75.3 Å². The normalized spacial score (nSPS) is 17.6. The minimum Gasteiger partial charge on any atom is -0.390 e. The first-order chi connectivity index (χ1) is 17.4. The Kier molecular flexibility index (Phi) is 6.92. The molecule has 1 saturated carbocycles. The monoisotopic (exact) mass is 528 g/mol. The molecule has 2 aliphatic rings. The number of aromatic nitrogens is 2. The van der Waals surface area contributed by atoms with Crippen LogP contribution in [0.4, 0.5) is 0 Å². The molecule has 1 aliphatic heterocycles. The number of amides is 2. The third-order valence-electron chi connectivity index (χ3n) is 7.59. The molecule has 0 radical (unpaired) electrons. The molecule has 198 valence electrons. The number of hydrogen-bond acceptors (Lipinski definition) is 8. The highest BCUT2D eigenvalue weighted by molar-refractivity contribution is 7.94. The summed E-state index contributed by atoms with van der Waals surface area (Å²) in [6.45, 7) is 3.27. The summed E-state index contributed by atoms with van der Waals surface area (Å²) in [4.78, 5) is 27.9. The van der Waals surface area contributed by atoms with Gasteiger partial charge in [0.2, 0.25) is 0 Å². The van der Waals surface area contributed by atoms with Crippen molar-refractivity contribution in [1.82, 2.24) is 20.0 Å². The number of nitrogens with two attached hydrogens (primary N) is 1. The van der Waals surface area contributed by atoms with E-state index in [0.717, 1.165) is 5.56 Å². The molecule has 12 heteroatoms. The van der Waals surface area contributed by atoms with Gasteiger partial charge in [-0.15, -0.1) is 0 Å². The van der Waals surface area contributed by atoms with Crippen LogP contribution in [0, 0.1) is 11.3 Å². The zero-order chi connectivity index (χ0) is 27.2. The lowest BCUT2D eigenvalue weighted by Gasteiger charge is -2.37. The molecule has 2 aromatic rings. The molecular weight excluding hydrogens is 496 g/mol. The van der Waals surface area contributed by atoms with Crippen LogP contribution >= 0.6 is 0 Å². The molecule has 0 saturated heterocycles. The Balaban J connectivity index is 1.50. The summed E-state index contributed by atoms with van der Waals surface area (Å²) in [6.07, 6.45) is -0.0529. The van der Waals surface area contributed by atoms with E-state index in [1.54, 1.807) is 31.3 Å². The van der Waals surface area contributed by atoms with Gasteiger partial charge in [-0.2, -0.15) is 10.4 Å². The second-order valence-electron chi connectivity index (χ2n) is 10.3. The first kappa shape index (κ1) is 26.8. The lowest BCUT2D eigenvalue weighted by Crippen LogP contribution is -2.55. The highest BCUT2D eigenvalue weighted by Gasteiger charge is 2.62. The summed E-state index contributed by atoms with van der Waals surface area (Å²) in [5.74, 6) is -0.790. The van der Waals surface area contributed by atoms with Gasteiger partial charge in [-0.1, -0.05) is 12.1 Å². The lowest BCUT2D eigenvalue weighted by molar-refractivity contribution is 0.0723. The van der Waals surface area contributed by atoms with Crippen LogP contribution < -0.4 is 11.1 Å². The fraction of sp³-hybridized carbons (Fsp3) is 0.520. The molecule has 1 aromatic heterocycles. The number of aryl methyl sites for hydroxylation is 1. The molecule has 4 rings (SSSR count). The maximum atomic E-state index is 13.5. The van der Waals surface area contributed by atoms with Crippen LogP contribution in [0.15, 0.2) is 24.3 Å². The highest BCUT2D eigenvalue weighted by atomic mass is 32.2. The predicted octanol–water partition coefficient (Wildman–Crippen LogP) is 0.266. The fourth-order valence-corrected chi connectivity index (χ4v) is 7.42. The summed E-state index contributed by atoms with van der Waals surface area (Å²) in [7, 11) is -2.24. The minimum absolute atomic E-state index is 0.0136. The molecule has 4 N–H and O–H groups in total. The zero-order valence-corrected chi connectivity index (χ0v) is 22.0. The van der Waals surface area contributed by atoms with Gasteiger partial charge >= 0.3 is 0 Å². The Morgan fingerprint density at radius 1 is 1.32 bits per heavy atom. The first-order valence-corrected chi connectivity index (χ1v) is 13.6. The molecule has 1 fully saturated rings. The van der Waals surface area contributed by atoms with Crippen molar-refractivity contribution >= 4 is 21.7 Å². The number of aliphatic hydroxyl groups is 1. The number of carbonyl (C=O) groups excluding carboxylic acids is 2. The molecular formula is C25H32N6O5S. The number of carbonyl (C=O) groups is 2. The van der Waals surface area contributed by atoms with Gasteiger partial charge in [0, 0.05) is 38.8 Å². The van der Waals surface area contributed by atoms with Gasteiger partial charge in [-0.05, 0) is 50.8 Å². The van der Waals surface area contributed by atoms with Gasteiger partial charge in [0.25, 0.3) is 11.8 Å². The molecule has 0 bridgehead atoms. The molecule has 2 heterocycles. The Labute approximate surface area is 216 Å². The van der Waals surface area contributed by atoms with Gasteiger partial charge in [0.1, 0.15) is 5.69 Å². The molecule has 0 spiro atoms. The second kappa shape index (κ2) is 9.55. The number of nitriles is 1. The van der Waals surface area contributed by atoms with Gasteiger partial charge in [0.05, 0.1) is 27.2 Å². The molecule has 0 unspecified atom stereocenters. The average Bonchev–Trinajstić information content (AvgIpc) is 3.60. The first-order valence-electron chi connectivity index (χ1n) is 12.1. The van der Waals surface area contributed by atoms with Gasteiger partial charge in [-0.25, -0.2) is 8.42 Å². The standard InChI is InChI=1S/C25H32N6O5S/c1-24(2,19(32)13-27)37(35,36)25(9-10-25)15-31-11-8-18-20(29-30(3)21(18)23(31)34)22(33)28-14-17-6-4-16(12-26)5-7-17/h4-7,19,32H,8-11,13-15,27H2,1-3H3,(H,28,33)/t19-/m1/s1. The van der Waals surface area contributed by atoms with E-state index in [2.05, 4.69) is 10.4 Å². The number of fused-ring (bicyclic) bond motifs is 1. The summed E-state index contributed by atoms with van der Waals surface area (Å²) in [5.41, 5.74) is 7.87. The molecule has 1 aliphatic carbocycles. The van der Waals surface area contributed by atoms with Crippen LogP contribution in [-0.2, 0) is 29.9 Å². The van der Waals surface area contributed by atoms with Crippen molar-refractivity contribution < 1.29 is 23.1 Å². The van der Waals surface area contributed by atoms with Crippen molar-refractivity contribution in [1.29, 1.82) is 5.26 Å². The molecule has 2 amide bonds. The van der Waals surface area contributed by atoms with E-state index >= 15 is 0 Å². The van der Waals surface area contributed by atoms with Crippen molar-refractivity contribution in [2.75, 3.05) is 19.6 Å². The number of sulfone groups is 1. The van der Waals surface area contributed by atoms with E-state index < -0.39 is 31.3 Å². The summed E-state index contributed by atoms with van der Waals surface area (Å²) in [5, 5.41) is 26.3. The number of aliphatic hydroxyl groups excluding tert-OH is 1. The van der Waals surface area contributed by atoms with Crippen molar-refractivity contribution in [2.24, 2.45) is 12.8 Å². The molecule has 37 heavy (non-hydrogen) atoms. The Hall–Kier alpha value is -3.27. The molecule has 11 nitrogen and oxygen atoms in total. The second-order valence-corrected chi connectivity index (χ2v) is 13.2. The van der Waals surface area contributed by atoms with Crippen LogP contribution in [0.1, 0.15) is 64.4 Å². The van der Waals surface area contributed by atoms with Crippen LogP contribution in [0.2, 0.25) is 0 Å².